The molecule has 2 rings (SSSR count). The monoisotopic (exact) mass is 354 g/mol. The van der Waals surface area contributed by atoms with Gasteiger partial charge in [0, 0.05) is 10.6 Å². The first-order valence-corrected chi connectivity index (χ1v) is 9.24. The minimum absolute atomic E-state index is 0.130. The first-order chi connectivity index (χ1) is 10.8. The van der Waals surface area contributed by atoms with Crippen molar-refractivity contribution in [1.82, 2.24) is 0 Å². The third-order valence-electron chi connectivity index (χ3n) is 3.35. The van der Waals surface area contributed by atoms with Gasteiger partial charge in [-0.25, -0.2) is 13.6 Å². The number of methoxy groups -OCH3 is 1. The molecule has 0 aliphatic rings. The number of primary sulfonamides is 1. The minimum Gasteiger partial charge on any atom is -0.495 e. The normalized spacial score (nSPS) is 11.3. The van der Waals surface area contributed by atoms with Crippen LogP contribution in [0.4, 0.5) is 5.69 Å². The lowest BCUT2D eigenvalue weighted by atomic mass is 10.2. The number of nitrogens with two attached hydrogens (primary N) is 1. The van der Waals surface area contributed by atoms with Crippen LogP contribution < -0.4 is 15.2 Å². The first-order valence-electron chi connectivity index (χ1n) is 6.87. The summed E-state index contributed by atoms with van der Waals surface area (Å²) in [6.07, 6.45) is 0.855. The molecule has 3 N–H and O–H groups in total. The molecule has 23 heavy (non-hydrogen) atoms. The van der Waals surface area contributed by atoms with Crippen LogP contribution in [0.5, 0.6) is 5.75 Å². The van der Waals surface area contributed by atoms with Crippen molar-refractivity contribution in [3.63, 3.8) is 0 Å². The predicted molar refractivity (Wildman–Crippen MR) is 90.8 cm³/mol. The van der Waals surface area contributed by atoms with Crippen LogP contribution in [0, 0.1) is 6.92 Å². The van der Waals surface area contributed by atoms with Gasteiger partial charge < -0.3 is 10.1 Å². The van der Waals surface area contributed by atoms with E-state index in [1.807, 2.05) is 19.9 Å². The van der Waals surface area contributed by atoms with E-state index in [9.17, 15) is 13.2 Å². The van der Waals surface area contributed by atoms with Gasteiger partial charge in [-0.05, 0) is 43.2 Å². The van der Waals surface area contributed by atoms with E-state index in [1.54, 1.807) is 6.07 Å². The van der Waals surface area contributed by atoms with Crippen molar-refractivity contribution in [1.29, 1.82) is 0 Å². The highest BCUT2D eigenvalue weighted by Gasteiger charge is 2.17. The fraction of sp³-hybridized carbons (Fsp3) is 0.267. The van der Waals surface area contributed by atoms with Crippen molar-refractivity contribution in [3.8, 4) is 5.75 Å². The number of carbonyl (C=O) groups excluding carboxylic acids is 1. The zero-order valence-corrected chi connectivity index (χ0v) is 14.7. The lowest BCUT2D eigenvalue weighted by Crippen LogP contribution is -2.15. The highest BCUT2D eigenvalue weighted by atomic mass is 32.2. The second-order valence-corrected chi connectivity index (χ2v) is 7.70. The summed E-state index contributed by atoms with van der Waals surface area (Å²) in [5.74, 6) is -0.158. The number of hydrogen-bond donors (Lipinski definition) is 2. The van der Waals surface area contributed by atoms with Crippen LogP contribution in [0.3, 0.4) is 0 Å². The third kappa shape index (κ3) is 3.90. The molecule has 1 heterocycles. The number of nitrogens with one attached hydrogen (secondary N) is 1. The summed E-state index contributed by atoms with van der Waals surface area (Å²) >= 11 is 1.40. The molecule has 0 unspecified atom stereocenters. The molecule has 8 heteroatoms. The van der Waals surface area contributed by atoms with Gasteiger partial charge in [0.25, 0.3) is 5.91 Å². The SMILES string of the molecule is CCc1cc(C(=O)Nc2ccc(OC)c(S(N)(=O)=O)c2)sc1C. The van der Waals surface area contributed by atoms with E-state index in [2.05, 4.69) is 5.32 Å². The average molecular weight is 354 g/mol. The maximum Gasteiger partial charge on any atom is 0.265 e. The largest absolute Gasteiger partial charge is 0.495 e. The van der Waals surface area contributed by atoms with Crippen LogP contribution in [-0.2, 0) is 16.4 Å². The molecule has 0 radical (unpaired) electrons. The van der Waals surface area contributed by atoms with Gasteiger partial charge in [0.1, 0.15) is 10.6 Å². The number of amides is 1. The topological polar surface area (TPSA) is 98.5 Å². The lowest BCUT2D eigenvalue weighted by Gasteiger charge is -2.09. The molecule has 0 aliphatic carbocycles. The Bertz CT molecular complexity index is 841. The maximum atomic E-state index is 12.3. The molecule has 0 saturated carbocycles. The molecule has 0 spiro atoms. The van der Waals surface area contributed by atoms with Crippen LogP contribution in [0.2, 0.25) is 0 Å². The Morgan fingerprint density at radius 2 is 2.04 bits per heavy atom. The van der Waals surface area contributed by atoms with E-state index in [-0.39, 0.29) is 16.6 Å². The van der Waals surface area contributed by atoms with Crippen LogP contribution in [0.15, 0.2) is 29.2 Å². The standard InChI is InChI=1S/C15H18N2O4S2/c1-4-10-7-13(22-9(10)2)15(18)17-11-5-6-12(21-3)14(8-11)23(16,19)20/h5-8H,4H2,1-3H3,(H,17,18)(H2,16,19,20). The van der Waals surface area contributed by atoms with E-state index < -0.39 is 10.0 Å². The van der Waals surface area contributed by atoms with Gasteiger partial charge >= 0.3 is 0 Å². The Labute approximate surface area is 139 Å². The number of aryl methyl sites for hydroxylation is 2. The summed E-state index contributed by atoms with van der Waals surface area (Å²) in [4.78, 5) is 13.8. The highest BCUT2D eigenvalue weighted by molar-refractivity contribution is 7.89. The molecular formula is C15H18N2O4S2. The second kappa shape index (κ2) is 6.69. The van der Waals surface area contributed by atoms with Crippen molar-refractivity contribution in [2.45, 2.75) is 25.2 Å². The number of hydrogen-bond acceptors (Lipinski definition) is 5. The third-order valence-corrected chi connectivity index (χ3v) is 5.38. The lowest BCUT2D eigenvalue weighted by molar-refractivity contribution is 0.103. The summed E-state index contributed by atoms with van der Waals surface area (Å²) in [5, 5.41) is 7.85. The molecular weight excluding hydrogens is 336 g/mol. The van der Waals surface area contributed by atoms with Gasteiger partial charge in [0.05, 0.1) is 12.0 Å². The molecule has 1 aromatic carbocycles. The Morgan fingerprint density at radius 1 is 1.35 bits per heavy atom. The Hall–Kier alpha value is -1.90. The molecule has 0 saturated heterocycles. The van der Waals surface area contributed by atoms with E-state index in [0.717, 1.165) is 16.9 Å². The minimum atomic E-state index is -3.95. The van der Waals surface area contributed by atoms with Crippen molar-refractivity contribution >= 4 is 33.0 Å². The van der Waals surface area contributed by atoms with Gasteiger partial charge in [-0.1, -0.05) is 6.92 Å². The maximum absolute atomic E-state index is 12.3. The molecule has 0 aliphatic heterocycles. The Balaban J connectivity index is 2.31. The zero-order chi connectivity index (χ0) is 17.2. The van der Waals surface area contributed by atoms with Crippen LogP contribution in [-0.4, -0.2) is 21.4 Å². The Morgan fingerprint density at radius 3 is 2.57 bits per heavy atom. The molecule has 1 aromatic heterocycles. The fourth-order valence-corrected chi connectivity index (χ4v) is 3.88. The molecule has 124 valence electrons. The van der Waals surface area contributed by atoms with Crippen molar-refractivity contribution in [2.24, 2.45) is 5.14 Å². The quantitative estimate of drug-likeness (QED) is 0.862. The van der Waals surface area contributed by atoms with Crippen LogP contribution in [0.1, 0.15) is 27.0 Å². The summed E-state index contributed by atoms with van der Waals surface area (Å²) in [6.45, 7) is 3.99. The number of rotatable bonds is 5. The molecule has 6 nitrogen and oxygen atoms in total. The number of sulfonamides is 1. The second-order valence-electron chi connectivity index (χ2n) is 4.91. The van der Waals surface area contributed by atoms with E-state index in [1.165, 1.54) is 30.6 Å². The van der Waals surface area contributed by atoms with Gasteiger partial charge in [-0.3, -0.25) is 4.79 Å². The first kappa shape index (κ1) is 17.5. The summed E-state index contributed by atoms with van der Waals surface area (Å²) in [5.41, 5.74) is 1.46. The number of anilines is 1. The van der Waals surface area contributed by atoms with Gasteiger partial charge in [-0.15, -0.1) is 11.3 Å². The highest BCUT2D eigenvalue weighted by Crippen LogP contribution is 2.27. The number of carbonyl (C=O) groups is 1. The van der Waals surface area contributed by atoms with Gasteiger partial charge in [0.2, 0.25) is 10.0 Å². The molecule has 2 aromatic rings. The zero-order valence-electron chi connectivity index (χ0n) is 13.0. The van der Waals surface area contributed by atoms with Crippen molar-refractivity contribution in [3.05, 3.63) is 39.6 Å². The smallest absolute Gasteiger partial charge is 0.265 e. The Kier molecular flexibility index (Phi) is 5.08. The molecule has 0 bridgehead atoms. The van der Waals surface area contributed by atoms with E-state index in [0.29, 0.717) is 10.6 Å². The number of thiophene rings is 1. The van der Waals surface area contributed by atoms with Gasteiger partial charge in [-0.2, -0.15) is 0 Å². The predicted octanol–water partition coefficient (Wildman–Crippen LogP) is 2.53. The number of benzene rings is 1. The summed E-state index contributed by atoms with van der Waals surface area (Å²) in [7, 11) is -2.60. The molecule has 0 fully saturated rings. The van der Waals surface area contributed by atoms with E-state index >= 15 is 0 Å². The summed E-state index contributed by atoms with van der Waals surface area (Å²) < 4.78 is 28.2. The van der Waals surface area contributed by atoms with Crippen molar-refractivity contribution in [2.75, 3.05) is 12.4 Å². The molecule has 0 atom stereocenters. The van der Waals surface area contributed by atoms with E-state index in [4.69, 9.17) is 9.88 Å². The van der Waals surface area contributed by atoms with Crippen LogP contribution >= 0.6 is 11.3 Å². The van der Waals surface area contributed by atoms with Crippen molar-refractivity contribution < 1.29 is 17.9 Å². The fourth-order valence-electron chi connectivity index (χ4n) is 2.15. The number of ether oxygens (including phenoxy) is 1. The average Bonchev–Trinajstić information content (AvgIpc) is 2.87. The van der Waals surface area contributed by atoms with Gasteiger partial charge in [0.15, 0.2) is 0 Å². The summed E-state index contributed by atoms with van der Waals surface area (Å²) in [6, 6.07) is 6.14. The van der Waals surface area contributed by atoms with Crippen LogP contribution in [0.25, 0.3) is 0 Å². The molecule has 1 amide bonds.